The largest absolute Gasteiger partial charge is 0.466 e. The van der Waals surface area contributed by atoms with Crippen LogP contribution in [0.4, 0.5) is 0 Å². The second-order valence-electron chi connectivity index (χ2n) is 2.06. The van der Waals surface area contributed by atoms with Crippen LogP contribution in [0.5, 0.6) is 0 Å². The summed E-state index contributed by atoms with van der Waals surface area (Å²) in [5.74, 6) is -0.101. The maximum Gasteiger partial charge on any atom is 0.305 e. The molecule has 0 atom stereocenters. The van der Waals surface area contributed by atoms with Gasteiger partial charge in [-0.3, -0.25) is 4.79 Å². The smallest absolute Gasteiger partial charge is 0.305 e. The fraction of sp³-hybridized carbons (Fsp3) is 0.625. The molecule has 3 heteroatoms. The van der Waals surface area contributed by atoms with Crippen LogP contribution in [0.3, 0.4) is 0 Å². The first-order valence-electron chi connectivity index (χ1n) is 3.72. The van der Waals surface area contributed by atoms with Crippen molar-refractivity contribution >= 4 is 21.9 Å². The lowest BCUT2D eigenvalue weighted by Crippen LogP contribution is -2.02. The zero-order valence-corrected chi connectivity index (χ0v) is 8.26. The fourth-order valence-corrected chi connectivity index (χ4v) is 0.925. The van der Waals surface area contributed by atoms with Crippen LogP contribution < -0.4 is 0 Å². The number of esters is 1. The fourth-order valence-electron chi connectivity index (χ4n) is 0.660. The maximum atomic E-state index is 10.7. The lowest BCUT2D eigenvalue weighted by molar-refractivity contribution is -0.143. The van der Waals surface area contributed by atoms with E-state index in [9.17, 15) is 4.79 Å². The predicted octanol–water partition coefficient (Wildman–Crippen LogP) is 2.63. The van der Waals surface area contributed by atoms with Crippen LogP contribution in [-0.2, 0) is 9.53 Å². The van der Waals surface area contributed by atoms with Gasteiger partial charge >= 0.3 is 5.97 Å². The molecule has 2 nitrogen and oxygen atoms in total. The Kier molecular flexibility index (Phi) is 7.57. The lowest BCUT2D eigenvalue weighted by Gasteiger charge is -1.98. The Morgan fingerprint density at radius 3 is 2.91 bits per heavy atom. The highest BCUT2D eigenvalue weighted by atomic mass is 79.9. The first kappa shape index (κ1) is 10.7. The Labute approximate surface area is 75.7 Å². The number of carbonyl (C=O) groups is 1. The van der Waals surface area contributed by atoms with Gasteiger partial charge in [0.15, 0.2) is 0 Å². The van der Waals surface area contributed by atoms with Crippen LogP contribution in [0, 0.1) is 0 Å². The van der Waals surface area contributed by atoms with Crippen molar-refractivity contribution < 1.29 is 9.53 Å². The maximum absolute atomic E-state index is 10.7. The quantitative estimate of drug-likeness (QED) is 0.526. The number of rotatable bonds is 5. The highest BCUT2D eigenvalue weighted by Crippen LogP contribution is 1.99. The second kappa shape index (κ2) is 7.79. The van der Waals surface area contributed by atoms with Gasteiger partial charge < -0.3 is 4.74 Å². The van der Waals surface area contributed by atoms with Crippen molar-refractivity contribution in [1.29, 1.82) is 0 Å². The van der Waals surface area contributed by atoms with Crippen LogP contribution >= 0.6 is 15.9 Å². The molecular formula is C8H13BrO2. The molecule has 0 heterocycles. The van der Waals surface area contributed by atoms with Crippen LogP contribution in [0.1, 0.15) is 26.2 Å². The van der Waals surface area contributed by atoms with E-state index >= 15 is 0 Å². The Bertz CT molecular complexity index is 132. The molecule has 64 valence electrons. The van der Waals surface area contributed by atoms with E-state index in [4.69, 9.17) is 4.74 Å². The first-order chi connectivity index (χ1) is 5.31. The minimum absolute atomic E-state index is 0.101. The van der Waals surface area contributed by atoms with Gasteiger partial charge in [0.05, 0.1) is 6.61 Å². The molecule has 11 heavy (non-hydrogen) atoms. The molecule has 0 rings (SSSR count). The van der Waals surface area contributed by atoms with Crippen LogP contribution in [0.2, 0.25) is 0 Å². The molecule has 0 unspecified atom stereocenters. The zero-order valence-electron chi connectivity index (χ0n) is 6.68. The Morgan fingerprint density at radius 1 is 1.64 bits per heavy atom. The normalized spacial score (nSPS) is 10.4. The summed E-state index contributed by atoms with van der Waals surface area (Å²) in [5, 5.41) is 0. The van der Waals surface area contributed by atoms with Gasteiger partial charge in [0, 0.05) is 6.42 Å². The van der Waals surface area contributed by atoms with Gasteiger partial charge in [-0.25, -0.2) is 0 Å². The molecular weight excluding hydrogens is 208 g/mol. The van der Waals surface area contributed by atoms with Gasteiger partial charge in [-0.1, -0.05) is 22.0 Å². The zero-order chi connectivity index (χ0) is 8.53. The lowest BCUT2D eigenvalue weighted by atomic mass is 10.2. The summed E-state index contributed by atoms with van der Waals surface area (Å²) in [5.41, 5.74) is 0. The third-order valence-corrected chi connectivity index (χ3v) is 1.52. The molecule has 0 N–H and O–H groups in total. The van der Waals surface area contributed by atoms with Gasteiger partial charge in [-0.2, -0.15) is 0 Å². The Morgan fingerprint density at radius 2 is 2.36 bits per heavy atom. The molecule has 0 aliphatic rings. The number of ether oxygens (including phenoxy) is 1. The van der Waals surface area contributed by atoms with E-state index in [0.29, 0.717) is 13.0 Å². The molecule has 0 fully saturated rings. The standard InChI is InChI=1S/C8H13BrO2/c1-2-11-8(10)6-4-3-5-7-9/h5,7H,2-4,6H2,1H3/b7-5-. The molecule has 0 saturated heterocycles. The molecule has 0 aromatic carbocycles. The van der Waals surface area contributed by atoms with E-state index in [1.54, 1.807) is 4.99 Å². The van der Waals surface area contributed by atoms with Crippen molar-refractivity contribution in [3.8, 4) is 0 Å². The molecule has 0 aromatic rings. The SMILES string of the molecule is CCOC(=O)CCC/C=C\Br. The first-order valence-corrected chi connectivity index (χ1v) is 4.63. The average Bonchev–Trinajstić information content (AvgIpc) is 1.99. The van der Waals surface area contributed by atoms with Crippen molar-refractivity contribution in [3.63, 3.8) is 0 Å². The number of allylic oxidation sites excluding steroid dienone is 1. The topological polar surface area (TPSA) is 26.3 Å². The Hall–Kier alpha value is -0.310. The van der Waals surface area contributed by atoms with E-state index < -0.39 is 0 Å². The summed E-state index contributed by atoms with van der Waals surface area (Å²) in [6.07, 6.45) is 4.27. The van der Waals surface area contributed by atoms with Crippen molar-refractivity contribution in [3.05, 3.63) is 11.1 Å². The van der Waals surface area contributed by atoms with E-state index in [-0.39, 0.29) is 5.97 Å². The monoisotopic (exact) mass is 220 g/mol. The van der Waals surface area contributed by atoms with E-state index in [1.807, 2.05) is 13.0 Å². The van der Waals surface area contributed by atoms with E-state index in [1.165, 1.54) is 0 Å². The molecule has 0 aromatic heterocycles. The Balaban J connectivity index is 3.17. The van der Waals surface area contributed by atoms with Gasteiger partial charge in [0.2, 0.25) is 0 Å². The summed E-state index contributed by atoms with van der Waals surface area (Å²) in [7, 11) is 0. The molecule has 0 amide bonds. The van der Waals surface area contributed by atoms with Gasteiger partial charge in [0.1, 0.15) is 0 Å². The van der Waals surface area contributed by atoms with Crippen molar-refractivity contribution in [2.45, 2.75) is 26.2 Å². The number of carbonyl (C=O) groups excluding carboxylic acids is 1. The highest BCUT2D eigenvalue weighted by molar-refractivity contribution is 9.11. The van der Waals surface area contributed by atoms with Gasteiger partial charge in [0.25, 0.3) is 0 Å². The number of unbranched alkanes of at least 4 members (excludes halogenated alkanes) is 1. The highest BCUT2D eigenvalue weighted by Gasteiger charge is 1.98. The van der Waals surface area contributed by atoms with Crippen LogP contribution in [0.25, 0.3) is 0 Å². The molecule has 0 bridgehead atoms. The van der Waals surface area contributed by atoms with Crippen molar-refractivity contribution in [1.82, 2.24) is 0 Å². The van der Waals surface area contributed by atoms with Crippen LogP contribution in [-0.4, -0.2) is 12.6 Å². The van der Waals surface area contributed by atoms with Crippen molar-refractivity contribution in [2.24, 2.45) is 0 Å². The summed E-state index contributed by atoms with van der Waals surface area (Å²) >= 11 is 3.15. The summed E-state index contributed by atoms with van der Waals surface area (Å²) in [6.45, 7) is 2.30. The molecule has 0 aliphatic carbocycles. The number of hydrogen-bond donors (Lipinski definition) is 0. The van der Waals surface area contributed by atoms with E-state index in [2.05, 4.69) is 15.9 Å². The third kappa shape index (κ3) is 7.59. The molecule has 0 spiro atoms. The molecule has 0 saturated carbocycles. The van der Waals surface area contributed by atoms with Crippen LogP contribution in [0.15, 0.2) is 11.1 Å². The predicted molar refractivity (Wildman–Crippen MR) is 48.6 cm³/mol. The van der Waals surface area contributed by atoms with Gasteiger partial charge in [-0.05, 0) is 24.8 Å². The second-order valence-corrected chi connectivity index (χ2v) is 2.59. The number of hydrogen-bond acceptors (Lipinski definition) is 2. The minimum Gasteiger partial charge on any atom is -0.466 e. The van der Waals surface area contributed by atoms with Gasteiger partial charge in [-0.15, -0.1) is 0 Å². The summed E-state index contributed by atoms with van der Waals surface area (Å²) < 4.78 is 4.75. The summed E-state index contributed by atoms with van der Waals surface area (Å²) in [6, 6.07) is 0. The van der Waals surface area contributed by atoms with E-state index in [0.717, 1.165) is 12.8 Å². The number of halogens is 1. The molecule has 0 radical (unpaired) electrons. The minimum atomic E-state index is -0.101. The third-order valence-electron chi connectivity index (χ3n) is 1.15. The molecule has 0 aliphatic heterocycles. The summed E-state index contributed by atoms with van der Waals surface area (Å²) in [4.78, 5) is 12.6. The van der Waals surface area contributed by atoms with Crippen molar-refractivity contribution in [2.75, 3.05) is 6.61 Å². The average molecular weight is 221 g/mol.